The minimum atomic E-state index is -0.385. The molecule has 0 aliphatic rings. The van der Waals surface area contributed by atoms with Crippen molar-refractivity contribution in [3.05, 3.63) is 39.4 Å². The lowest BCUT2D eigenvalue weighted by Crippen LogP contribution is -2.18. The molecule has 0 aromatic heterocycles. The summed E-state index contributed by atoms with van der Waals surface area (Å²) in [7, 11) is 0. The molecule has 0 heterocycles. The first-order chi connectivity index (χ1) is 6.50. The van der Waals surface area contributed by atoms with Crippen molar-refractivity contribution in [3.63, 3.8) is 0 Å². The molecule has 0 saturated carbocycles. The third-order valence-corrected chi connectivity index (χ3v) is 2.09. The number of nitro benzene ring substituents is 1. The first-order valence-corrected chi connectivity index (χ1v) is 4.50. The maximum atomic E-state index is 10.5. The van der Waals surface area contributed by atoms with Crippen molar-refractivity contribution in [2.24, 2.45) is 5.73 Å². The summed E-state index contributed by atoms with van der Waals surface area (Å²) in [4.78, 5) is 10.1. The van der Waals surface area contributed by atoms with Gasteiger partial charge < -0.3 is 5.73 Å². The molecule has 0 aliphatic carbocycles. The Hall–Kier alpha value is -1.42. The van der Waals surface area contributed by atoms with Gasteiger partial charge in [-0.15, -0.1) is 0 Å². The predicted octanol–water partition coefficient (Wildman–Crippen LogP) is 1.79. The summed E-state index contributed by atoms with van der Waals surface area (Å²) < 4.78 is 0. The highest BCUT2D eigenvalue weighted by Crippen LogP contribution is 2.18. The number of hydrogen-bond acceptors (Lipinski definition) is 3. The largest absolute Gasteiger partial charge is 0.328 e. The summed E-state index contributed by atoms with van der Waals surface area (Å²) in [6, 6.07) is 4.89. The molecule has 4 nitrogen and oxygen atoms in total. The van der Waals surface area contributed by atoms with Crippen LogP contribution >= 0.6 is 0 Å². The molecular weight excluding hydrogens is 180 g/mol. The monoisotopic (exact) mass is 194 g/mol. The van der Waals surface area contributed by atoms with Gasteiger partial charge in [-0.2, -0.15) is 0 Å². The Kier molecular flexibility index (Phi) is 3.19. The Morgan fingerprint density at radius 1 is 1.57 bits per heavy atom. The molecule has 0 radical (unpaired) electrons. The zero-order valence-corrected chi connectivity index (χ0v) is 8.36. The van der Waals surface area contributed by atoms with Crippen molar-refractivity contribution in [2.75, 3.05) is 0 Å². The second-order valence-corrected chi connectivity index (χ2v) is 3.55. The van der Waals surface area contributed by atoms with Crippen LogP contribution in [0.1, 0.15) is 18.1 Å². The smallest absolute Gasteiger partial charge is 0.269 e. The van der Waals surface area contributed by atoms with Gasteiger partial charge in [0, 0.05) is 18.2 Å². The van der Waals surface area contributed by atoms with Gasteiger partial charge in [0.25, 0.3) is 5.69 Å². The van der Waals surface area contributed by atoms with Crippen LogP contribution in [0.15, 0.2) is 18.2 Å². The fourth-order valence-corrected chi connectivity index (χ4v) is 1.34. The fraction of sp³-hybridized carbons (Fsp3) is 0.400. The zero-order valence-electron chi connectivity index (χ0n) is 8.36. The minimum Gasteiger partial charge on any atom is -0.328 e. The molecule has 0 fully saturated rings. The molecule has 76 valence electrons. The van der Waals surface area contributed by atoms with Crippen molar-refractivity contribution >= 4 is 5.69 Å². The molecule has 1 aromatic rings. The summed E-state index contributed by atoms with van der Waals surface area (Å²) >= 11 is 0. The van der Waals surface area contributed by atoms with Crippen molar-refractivity contribution in [2.45, 2.75) is 26.3 Å². The van der Waals surface area contributed by atoms with E-state index in [9.17, 15) is 10.1 Å². The van der Waals surface area contributed by atoms with Crippen molar-refractivity contribution in [1.82, 2.24) is 0 Å². The lowest BCUT2D eigenvalue weighted by atomic mass is 10.0. The first-order valence-electron chi connectivity index (χ1n) is 4.50. The average Bonchev–Trinajstić information content (AvgIpc) is 2.07. The highest BCUT2D eigenvalue weighted by Gasteiger charge is 2.09. The Morgan fingerprint density at radius 2 is 2.21 bits per heavy atom. The van der Waals surface area contributed by atoms with Gasteiger partial charge in [-0.25, -0.2) is 0 Å². The van der Waals surface area contributed by atoms with Gasteiger partial charge in [0.1, 0.15) is 0 Å². The van der Waals surface area contributed by atoms with Crippen molar-refractivity contribution in [3.8, 4) is 0 Å². The van der Waals surface area contributed by atoms with Crippen LogP contribution in [0.2, 0.25) is 0 Å². The first kappa shape index (κ1) is 10.7. The highest BCUT2D eigenvalue weighted by molar-refractivity contribution is 5.39. The second-order valence-electron chi connectivity index (χ2n) is 3.55. The Labute approximate surface area is 82.9 Å². The third kappa shape index (κ3) is 2.53. The zero-order chi connectivity index (χ0) is 10.7. The summed E-state index contributed by atoms with van der Waals surface area (Å²) in [5.74, 6) is 0. The van der Waals surface area contributed by atoms with Crippen LogP contribution in [0.3, 0.4) is 0 Å². The third-order valence-electron chi connectivity index (χ3n) is 2.09. The molecule has 0 amide bonds. The number of aryl methyl sites for hydroxylation is 1. The standard InChI is InChI=1S/C10H14N2O2/c1-7-3-4-10(12(13)14)6-9(7)5-8(2)11/h3-4,6,8H,5,11H2,1-2H3/t8-/m1/s1. The van der Waals surface area contributed by atoms with E-state index in [2.05, 4.69) is 0 Å². The van der Waals surface area contributed by atoms with E-state index in [-0.39, 0.29) is 16.7 Å². The van der Waals surface area contributed by atoms with E-state index < -0.39 is 0 Å². The molecule has 4 heteroatoms. The molecule has 0 aliphatic heterocycles. The van der Waals surface area contributed by atoms with Crippen LogP contribution in [0, 0.1) is 17.0 Å². The molecule has 0 spiro atoms. The summed E-state index contributed by atoms with van der Waals surface area (Å²) in [6.07, 6.45) is 0.674. The summed E-state index contributed by atoms with van der Waals surface area (Å²) in [6.45, 7) is 3.82. The van der Waals surface area contributed by atoms with Crippen LogP contribution < -0.4 is 5.73 Å². The molecular formula is C10H14N2O2. The van der Waals surface area contributed by atoms with Gasteiger partial charge in [-0.3, -0.25) is 10.1 Å². The Morgan fingerprint density at radius 3 is 2.71 bits per heavy atom. The molecule has 1 aromatic carbocycles. The molecule has 0 unspecified atom stereocenters. The van der Waals surface area contributed by atoms with E-state index in [0.29, 0.717) is 6.42 Å². The van der Waals surface area contributed by atoms with Crippen LogP contribution in [0.5, 0.6) is 0 Å². The molecule has 0 bridgehead atoms. The van der Waals surface area contributed by atoms with Crippen LogP contribution in [-0.4, -0.2) is 11.0 Å². The average molecular weight is 194 g/mol. The maximum absolute atomic E-state index is 10.5. The number of nitrogens with two attached hydrogens (primary N) is 1. The van der Waals surface area contributed by atoms with Gasteiger partial charge in [0.2, 0.25) is 0 Å². The quantitative estimate of drug-likeness (QED) is 0.589. The maximum Gasteiger partial charge on any atom is 0.269 e. The van der Waals surface area contributed by atoms with Gasteiger partial charge >= 0.3 is 0 Å². The number of rotatable bonds is 3. The van der Waals surface area contributed by atoms with Gasteiger partial charge in [-0.1, -0.05) is 6.07 Å². The number of nitro groups is 1. The molecule has 0 saturated heterocycles. The predicted molar refractivity (Wildman–Crippen MR) is 55.2 cm³/mol. The molecule has 1 atom stereocenters. The molecule has 14 heavy (non-hydrogen) atoms. The number of nitrogens with zero attached hydrogens (tertiary/aromatic N) is 1. The molecule has 2 N–H and O–H groups in total. The number of benzene rings is 1. The van der Waals surface area contributed by atoms with E-state index in [1.807, 2.05) is 13.8 Å². The van der Waals surface area contributed by atoms with E-state index in [1.165, 1.54) is 6.07 Å². The Bertz CT molecular complexity index is 348. The van der Waals surface area contributed by atoms with Crippen LogP contribution in [-0.2, 0) is 6.42 Å². The normalized spacial score (nSPS) is 12.5. The van der Waals surface area contributed by atoms with Crippen LogP contribution in [0.25, 0.3) is 0 Å². The SMILES string of the molecule is Cc1ccc([N+](=O)[O-])cc1C[C@@H](C)N. The van der Waals surface area contributed by atoms with Gasteiger partial charge in [0.05, 0.1) is 4.92 Å². The summed E-state index contributed by atoms with van der Waals surface area (Å²) in [5, 5.41) is 10.5. The number of non-ortho nitro benzene ring substituents is 1. The lowest BCUT2D eigenvalue weighted by Gasteiger charge is -2.07. The summed E-state index contributed by atoms with van der Waals surface area (Å²) in [5.41, 5.74) is 7.78. The van der Waals surface area contributed by atoms with E-state index in [4.69, 9.17) is 5.73 Å². The van der Waals surface area contributed by atoms with Gasteiger partial charge in [-0.05, 0) is 31.4 Å². The fourth-order valence-electron chi connectivity index (χ4n) is 1.34. The van der Waals surface area contributed by atoms with E-state index in [1.54, 1.807) is 12.1 Å². The number of hydrogen-bond donors (Lipinski definition) is 1. The highest BCUT2D eigenvalue weighted by atomic mass is 16.6. The second kappa shape index (κ2) is 4.19. The van der Waals surface area contributed by atoms with Gasteiger partial charge in [0.15, 0.2) is 0 Å². The van der Waals surface area contributed by atoms with Crippen molar-refractivity contribution in [1.29, 1.82) is 0 Å². The van der Waals surface area contributed by atoms with Crippen LogP contribution in [0.4, 0.5) is 5.69 Å². The topological polar surface area (TPSA) is 69.2 Å². The lowest BCUT2D eigenvalue weighted by molar-refractivity contribution is -0.384. The van der Waals surface area contributed by atoms with E-state index >= 15 is 0 Å². The van der Waals surface area contributed by atoms with E-state index in [0.717, 1.165) is 11.1 Å². The van der Waals surface area contributed by atoms with Crippen molar-refractivity contribution < 1.29 is 4.92 Å². The Balaban J connectivity index is 3.02. The molecule has 1 rings (SSSR count). The minimum absolute atomic E-state index is 0.0238.